The molecule has 2 aromatic rings. The highest BCUT2D eigenvalue weighted by Gasteiger charge is 2.08. The van der Waals surface area contributed by atoms with Crippen LogP contribution in [0.25, 0.3) is 11.3 Å². The van der Waals surface area contributed by atoms with Gasteiger partial charge in [-0.2, -0.15) is 0 Å². The van der Waals surface area contributed by atoms with Crippen LogP contribution in [0.2, 0.25) is 4.34 Å². The van der Waals surface area contributed by atoms with Crippen molar-refractivity contribution < 1.29 is 9.90 Å². The number of carboxylic acids is 1. The Kier molecular flexibility index (Phi) is 3.04. The van der Waals surface area contributed by atoms with Crippen molar-refractivity contribution in [3.8, 4) is 11.3 Å². The third-order valence-corrected chi connectivity index (χ3v) is 3.66. The molecule has 2 aromatic heterocycles. The second-order valence-corrected chi connectivity index (χ2v) is 5.32. The standard InChI is InChI=1S/C9H6ClNO2S2/c10-7-1-5(3-14-7)6-4-15-8(11-6)2-9(12)13/h1,3-4H,2H2,(H,12,13). The maximum absolute atomic E-state index is 10.5. The number of nitrogens with zero attached hydrogens (tertiary/aromatic N) is 1. The Morgan fingerprint density at radius 3 is 2.87 bits per heavy atom. The Morgan fingerprint density at radius 1 is 1.47 bits per heavy atom. The Labute approximate surface area is 99.0 Å². The van der Waals surface area contributed by atoms with Crippen LogP contribution in [0.15, 0.2) is 16.8 Å². The molecule has 0 saturated heterocycles. The zero-order valence-electron chi connectivity index (χ0n) is 7.44. The van der Waals surface area contributed by atoms with Gasteiger partial charge in [-0.3, -0.25) is 4.79 Å². The largest absolute Gasteiger partial charge is 0.481 e. The molecule has 0 aromatic carbocycles. The van der Waals surface area contributed by atoms with Gasteiger partial charge < -0.3 is 5.11 Å². The molecule has 3 nitrogen and oxygen atoms in total. The molecule has 1 N–H and O–H groups in total. The van der Waals surface area contributed by atoms with Crippen LogP contribution in [0.3, 0.4) is 0 Å². The normalized spacial score (nSPS) is 10.5. The summed E-state index contributed by atoms with van der Waals surface area (Å²) in [5.41, 5.74) is 1.73. The van der Waals surface area contributed by atoms with Crippen LogP contribution in [-0.2, 0) is 11.2 Å². The van der Waals surface area contributed by atoms with Gasteiger partial charge in [-0.1, -0.05) is 11.6 Å². The van der Waals surface area contributed by atoms with Gasteiger partial charge in [0.25, 0.3) is 0 Å². The predicted octanol–water partition coefficient (Wildman–Crippen LogP) is 3.15. The predicted molar refractivity (Wildman–Crippen MR) is 61.8 cm³/mol. The van der Waals surface area contributed by atoms with E-state index in [0.717, 1.165) is 11.3 Å². The van der Waals surface area contributed by atoms with Gasteiger partial charge in [-0.15, -0.1) is 22.7 Å². The monoisotopic (exact) mass is 259 g/mol. The first kappa shape index (κ1) is 10.6. The van der Waals surface area contributed by atoms with E-state index in [-0.39, 0.29) is 6.42 Å². The van der Waals surface area contributed by atoms with Gasteiger partial charge >= 0.3 is 5.97 Å². The van der Waals surface area contributed by atoms with Crippen LogP contribution < -0.4 is 0 Å². The summed E-state index contributed by atoms with van der Waals surface area (Å²) < 4.78 is 0.706. The average Bonchev–Trinajstić information content (AvgIpc) is 2.72. The van der Waals surface area contributed by atoms with Crippen LogP contribution >= 0.6 is 34.3 Å². The van der Waals surface area contributed by atoms with Crippen molar-refractivity contribution in [3.63, 3.8) is 0 Å². The molecule has 0 fully saturated rings. The van der Waals surface area contributed by atoms with E-state index in [0.29, 0.717) is 9.34 Å². The third-order valence-electron chi connectivity index (χ3n) is 1.72. The second kappa shape index (κ2) is 4.30. The van der Waals surface area contributed by atoms with E-state index in [2.05, 4.69) is 4.98 Å². The van der Waals surface area contributed by atoms with Crippen LogP contribution in [0.5, 0.6) is 0 Å². The number of aliphatic carboxylic acids is 1. The van der Waals surface area contributed by atoms with Crippen molar-refractivity contribution in [1.29, 1.82) is 0 Å². The van der Waals surface area contributed by atoms with Crippen LogP contribution in [0, 0.1) is 0 Å². The molecule has 78 valence electrons. The first-order valence-corrected chi connectivity index (χ1v) is 6.19. The highest BCUT2D eigenvalue weighted by atomic mass is 35.5. The molecule has 0 bridgehead atoms. The van der Waals surface area contributed by atoms with Gasteiger partial charge in [0.2, 0.25) is 0 Å². The molecule has 0 aliphatic carbocycles. The van der Waals surface area contributed by atoms with Crippen molar-refractivity contribution in [1.82, 2.24) is 4.98 Å². The molecule has 0 radical (unpaired) electrons. The van der Waals surface area contributed by atoms with Crippen LogP contribution in [0.4, 0.5) is 0 Å². The summed E-state index contributed by atoms with van der Waals surface area (Å²) >= 11 is 8.59. The minimum absolute atomic E-state index is 0.0253. The van der Waals surface area contributed by atoms with Crippen molar-refractivity contribution in [2.45, 2.75) is 6.42 Å². The molecule has 0 atom stereocenters. The molecule has 0 saturated carbocycles. The SMILES string of the molecule is O=C(O)Cc1nc(-c2csc(Cl)c2)cs1. The summed E-state index contributed by atoms with van der Waals surface area (Å²) in [7, 11) is 0. The lowest BCUT2D eigenvalue weighted by Gasteiger charge is -1.88. The fourth-order valence-electron chi connectivity index (χ4n) is 1.10. The Bertz CT molecular complexity index is 492. The fourth-order valence-corrected chi connectivity index (χ4v) is 2.77. The number of thiazole rings is 1. The molecule has 0 unspecified atom stereocenters. The highest BCUT2D eigenvalue weighted by molar-refractivity contribution is 7.14. The summed E-state index contributed by atoms with van der Waals surface area (Å²) in [4.78, 5) is 14.7. The van der Waals surface area contributed by atoms with E-state index in [1.165, 1.54) is 22.7 Å². The Morgan fingerprint density at radius 2 is 2.27 bits per heavy atom. The topological polar surface area (TPSA) is 50.2 Å². The minimum Gasteiger partial charge on any atom is -0.481 e. The van der Waals surface area contributed by atoms with Crippen molar-refractivity contribution >= 4 is 40.2 Å². The summed E-state index contributed by atoms with van der Waals surface area (Å²) in [5, 5.41) is 13.0. The number of hydrogen-bond acceptors (Lipinski definition) is 4. The van der Waals surface area contributed by atoms with Gasteiger partial charge in [0, 0.05) is 16.3 Å². The molecular weight excluding hydrogens is 254 g/mol. The average molecular weight is 260 g/mol. The first-order valence-electron chi connectivity index (χ1n) is 4.06. The molecule has 2 rings (SSSR count). The molecule has 0 aliphatic rings. The fraction of sp³-hybridized carbons (Fsp3) is 0.111. The van der Waals surface area contributed by atoms with Gasteiger partial charge in [-0.25, -0.2) is 4.98 Å². The number of carboxylic acid groups (broad SMARTS) is 1. The minimum atomic E-state index is -0.862. The molecule has 0 amide bonds. The lowest BCUT2D eigenvalue weighted by atomic mass is 10.3. The molecule has 0 spiro atoms. The first-order chi connectivity index (χ1) is 7.15. The molecule has 2 heterocycles. The maximum atomic E-state index is 10.5. The van der Waals surface area contributed by atoms with Gasteiger partial charge in [0.15, 0.2) is 0 Å². The lowest BCUT2D eigenvalue weighted by Crippen LogP contribution is -1.98. The maximum Gasteiger partial charge on any atom is 0.310 e. The quantitative estimate of drug-likeness (QED) is 0.921. The van der Waals surface area contributed by atoms with Gasteiger partial charge in [0.05, 0.1) is 16.5 Å². The van der Waals surface area contributed by atoms with Crippen LogP contribution in [0.1, 0.15) is 5.01 Å². The molecular formula is C9H6ClNO2S2. The number of thiophene rings is 1. The summed E-state index contributed by atoms with van der Waals surface area (Å²) in [6.07, 6.45) is -0.0253. The Hall–Kier alpha value is -0.910. The summed E-state index contributed by atoms with van der Waals surface area (Å²) in [6, 6.07) is 1.83. The lowest BCUT2D eigenvalue weighted by molar-refractivity contribution is -0.136. The number of carbonyl (C=O) groups is 1. The Balaban J connectivity index is 2.23. The van der Waals surface area contributed by atoms with E-state index in [4.69, 9.17) is 16.7 Å². The smallest absolute Gasteiger partial charge is 0.310 e. The number of rotatable bonds is 3. The summed E-state index contributed by atoms with van der Waals surface area (Å²) in [5.74, 6) is -0.862. The third kappa shape index (κ3) is 2.56. The molecule has 6 heteroatoms. The zero-order chi connectivity index (χ0) is 10.8. The van der Waals surface area contributed by atoms with Crippen molar-refractivity contribution in [2.75, 3.05) is 0 Å². The van der Waals surface area contributed by atoms with Gasteiger partial charge in [0.1, 0.15) is 5.01 Å². The van der Waals surface area contributed by atoms with E-state index in [9.17, 15) is 4.79 Å². The number of aromatic nitrogens is 1. The summed E-state index contributed by atoms with van der Waals surface area (Å²) in [6.45, 7) is 0. The van der Waals surface area contributed by atoms with Crippen molar-refractivity contribution in [3.05, 3.63) is 26.2 Å². The highest BCUT2D eigenvalue weighted by Crippen LogP contribution is 2.29. The second-order valence-electron chi connectivity index (χ2n) is 2.84. The molecule has 0 aliphatic heterocycles. The van der Waals surface area contributed by atoms with E-state index >= 15 is 0 Å². The van der Waals surface area contributed by atoms with Crippen molar-refractivity contribution in [2.24, 2.45) is 0 Å². The van der Waals surface area contributed by atoms with E-state index < -0.39 is 5.97 Å². The molecule has 15 heavy (non-hydrogen) atoms. The van der Waals surface area contributed by atoms with E-state index in [1.54, 1.807) is 0 Å². The van der Waals surface area contributed by atoms with Crippen LogP contribution in [-0.4, -0.2) is 16.1 Å². The number of halogens is 1. The van der Waals surface area contributed by atoms with E-state index in [1.807, 2.05) is 16.8 Å². The zero-order valence-corrected chi connectivity index (χ0v) is 9.83. The van der Waals surface area contributed by atoms with Gasteiger partial charge in [-0.05, 0) is 6.07 Å². The number of hydrogen-bond donors (Lipinski definition) is 1.